The van der Waals surface area contributed by atoms with Gasteiger partial charge in [0.05, 0.1) is 17.1 Å². The highest BCUT2D eigenvalue weighted by Crippen LogP contribution is 2.39. The van der Waals surface area contributed by atoms with Gasteiger partial charge in [0.15, 0.2) is 6.04 Å². The van der Waals surface area contributed by atoms with Crippen LogP contribution in [0.5, 0.6) is 0 Å². The van der Waals surface area contributed by atoms with Crippen molar-refractivity contribution in [3.8, 4) is 0 Å². The van der Waals surface area contributed by atoms with Gasteiger partial charge in [0.2, 0.25) is 0 Å². The lowest BCUT2D eigenvalue weighted by atomic mass is 10.1. The van der Waals surface area contributed by atoms with Crippen molar-refractivity contribution in [2.24, 2.45) is 4.99 Å². The maximum atomic E-state index is 12.8. The lowest BCUT2D eigenvalue weighted by molar-refractivity contribution is -0.116. The van der Waals surface area contributed by atoms with Gasteiger partial charge in [-0.3, -0.25) is 14.7 Å². The molecule has 23 heavy (non-hydrogen) atoms. The molecule has 0 aromatic heterocycles. The van der Waals surface area contributed by atoms with E-state index in [-0.39, 0.29) is 5.91 Å². The fraction of sp³-hybridized carbons (Fsp3) is 0.118. The average molecular weight is 326 g/mol. The Morgan fingerprint density at radius 2 is 1.83 bits per heavy atom. The van der Waals surface area contributed by atoms with Crippen LogP contribution in [0.2, 0.25) is 5.02 Å². The Bertz CT molecular complexity index is 861. The minimum Gasteiger partial charge on any atom is -0.274 e. The molecule has 1 saturated heterocycles. The van der Waals surface area contributed by atoms with Crippen molar-refractivity contribution >= 4 is 46.8 Å². The monoisotopic (exact) mass is 325 g/mol. The van der Waals surface area contributed by atoms with E-state index in [1.807, 2.05) is 19.1 Å². The fourth-order valence-corrected chi connectivity index (χ4v) is 2.99. The van der Waals surface area contributed by atoms with Crippen molar-refractivity contribution in [3.63, 3.8) is 0 Å². The Balaban J connectivity index is 1.81. The summed E-state index contributed by atoms with van der Waals surface area (Å²) >= 11 is 6.03. The fourth-order valence-electron chi connectivity index (χ4n) is 2.83. The Morgan fingerprint density at radius 1 is 1.09 bits per heavy atom. The van der Waals surface area contributed by atoms with E-state index in [1.165, 1.54) is 16.0 Å². The molecule has 2 aliphatic rings. The number of hydrogen-bond acceptors (Lipinski definition) is 3. The van der Waals surface area contributed by atoms with E-state index in [0.29, 0.717) is 22.1 Å². The minimum absolute atomic E-state index is 0.312. The van der Waals surface area contributed by atoms with Crippen LogP contribution >= 0.6 is 11.6 Å². The van der Waals surface area contributed by atoms with Crippen molar-refractivity contribution < 1.29 is 9.59 Å². The molecule has 6 heteroatoms. The number of hydrogen-bond donors (Lipinski definition) is 0. The first-order valence-electron chi connectivity index (χ1n) is 7.14. The Hall–Kier alpha value is -2.66. The second-order valence-electron chi connectivity index (χ2n) is 5.52. The molecule has 1 unspecified atom stereocenters. The van der Waals surface area contributed by atoms with Gasteiger partial charge < -0.3 is 0 Å². The number of aliphatic imine (C=N–C) groups is 1. The maximum Gasteiger partial charge on any atom is 0.337 e. The summed E-state index contributed by atoms with van der Waals surface area (Å²) in [6.45, 7) is 1.95. The number of fused-ring (bicyclic) bond motifs is 3. The predicted molar refractivity (Wildman–Crippen MR) is 89.9 cm³/mol. The maximum absolute atomic E-state index is 12.8. The van der Waals surface area contributed by atoms with Crippen molar-refractivity contribution in [3.05, 3.63) is 53.1 Å². The van der Waals surface area contributed by atoms with E-state index in [4.69, 9.17) is 11.6 Å². The minimum atomic E-state index is -0.727. The Morgan fingerprint density at radius 3 is 2.57 bits per heavy atom. The molecular weight excluding hydrogens is 314 g/mol. The number of imide groups is 1. The molecule has 2 aliphatic heterocycles. The number of urea groups is 1. The number of carbonyl (C=O) groups is 2. The van der Waals surface area contributed by atoms with Crippen LogP contribution in [-0.2, 0) is 4.79 Å². The zero-order valence-corrected chi connectivity index (χ0v) is 13.0. The molecule has 1 atom stereocenters. The van der Waals surface area contributed by atoms with E-state index in [9.17, 15) is 9.59 Å². The number of halogens is 1. The first kappa shape index (κ1) is 14.0. The molecule has 0 bridgehead atoms. The Kier molecular flexibility index (Phi) is 2.99. The number of carbonyl (C=O) groups excluding carboxylic acids is 2. The summed E-state index contributed by atoms with van der Waals surface area (Å²) in [5.41, 5.74) is 2.79. The third-order valence-electron chi connectivity index (χ3n) is 3.99. The summed E-state index contributed by atoms with van der Waals surface area (Å²) in [5.74, 6) is -0.312. The molecule has 0 saturated carbocycles. The lowest BCUT2D eigenvalue weighted by Crippen LogP contribution is -2.38. The van der Waals surface area contributed by atoms with Gasteiger partial charge in [0.1, 0.15) is 0 Å². The summed E-state index contributed by atoms with van der Waals surface area (Å²) in [6.07, 6.45) is 1.50. The van der Waals surface area contributed by atoms with E-state index < -0.39 is 12.1 Å². The molecule has 114 valence electrons. The second-order valence-corrected chi connectivity index (χ2v) is 5.95. The quantitative estimate of drug-likeness (QED) is 0.751. The van der Waals surface area contributed by atoms with Crippen LogP contribution in [0.4, 0.5) is 21.9 Å². The summed E-state index contributed by atoms with van der Waals surface area (Å²) in [7, 11) is 0. The molecule has 4 rings (SSSR count). The van der Waals surface area contributed by atoms with E-state index >= 15 is 0 Å². The van der Waals surface area contributed by atoms with Gasteiger partial charge in [0.25, 0.3) is 5.91 Å². The highest BCUT2D eigenvalue weighted by atomic mass is 35.5. The third kappa shape index (κ3) is 2.04. The van der Waals surface area contributed by atoms with Crippen molar-refractivity contribution in [1.29, 1.82) is 0 Å². The van der Waals surface area contributed by atoms with E-state index in [0.717, 1.165) is 5.56 Å². The smallest absolute Gasteiger partial charge is 0.274 e. The first-order chi connectivity index (χ1) is 11.1. The number of nitrogens with zero attached hydrogens (tertiary/aromatic N) is 3. The van der Waals surface area contributed by atoms with E-state index in [1.54, 1.807) is 30.3 Å². The molecule has 2 heterocycles. The molecule has 1 fully saturated rings. The molecule has 2 aromatic rings. The number of benzene rings is 2. The van der Waals surface area contributed by atoms with Crippen molar-refractivity contribution in [2.75, 3.05) is 9.80 Å². The SMILES string of the molecule is Cc1ccc(N2C(=O)C3C=Nc4ccc(Cl)cc4N3C2=O)cc1. The van der Waals surface area contributed by atoms with Crippen LogP contribution in [0.25, 0.3) is 0 Å². The van der Waals surface area contributed by atoms with Gasteiger partial charge in [-0.25, -0.2) is 9.69 Å². The molecule has 3 amide bonds. The van der Waals surface area contributed by atoms with Crippen molar-refractivity contribution in [2.45, 2.75) is 13.0 Å². The lowest BCUT2D eigenvalue weighted by Gasteiger charge is -2.24. The summed E-state index contributed by atoms with van der Waals surface area (Å²) in [5, 5.41) is 0.494. The number of amides is 3. The predicted octanol–water partition coefficient (Wildman–Crippen LogP) is 3.71. The van der Waals surface area contributed by atoms with Gasteiger partial charge in [-0.1, -0.05) is 29.3 Å². The highest BCUT2D eigenvalue weighted by Gasteiger charge is 2.48. The molecule has 0 N–H and O–H groups in total. The zero-order valence-electron chi connectivity index (χ0n) is 12.2. The summed E-state index contributed by atoms with van der Waals surface area (Å²) in [4.78, 5) is 32.4. The van der Waals surface area contributed by atoms with Crippen LogP contribution in [0.15, 0.2) is 47.5 Å². The topological polar surface area (TPSA) is 53.0 Å². The standard InChI is InChI=1S/C17H12ClN3O2/c1-10-2-5-12(6-3-10)20-16(22)15-9-19-13-7-4-11(18)8-14(13)21(15)17(20)23/h2-9,15H,1H3. The van der Waals surface area contributed by atoms with Crippen LogP contribution < -0.4 is 9.80 Å². The van der Waals surface area contributed by atoms with Crippen LogP contribution in [0.1, 0.15) is 5.56 Å². The number of aryl methyl sites for hydroxylation is 1. The third-order valence-corrected chi connectivity index (χ3v) is 4.23. The zero-order chi connectivity index (χ0) is 16.1. The normalized spacial score (nSPS) is 19.1. The molecule has 0 radical (unpaired) electrons. The van der Waals surface area contributed by atoms with Crippen LogP contribution in [-0.4, -0.2) is 24.2 Å². The molecular formula is C17H12ClN3O2. The van der Waals surface area contributed by atoms with Gasteiger partial charge in [0, 0.05) is 11.2 Å². The molecule has 2 aromatic carbocycles. The average Bonchev–Trinajstić information content (AvgIpc) is 2.80. The Labute approximate surface area is 137 Å². The van der Waals surface area contributed by atoms with Crippen LogP contribution in [0.3, 0.4) is 0 Å². The summed E-state index contributed by atoms with van der Waals surface area (Å²) in [6, 6.07) is 11.2. The van der Waals surface area contributed by atoms with Gasteiger partial charge >= 0.3 is 6.03 Å². The summed E-state index contributed by atoms with van der Waals surface area (Å²) < 4.78 is 0. The van der Waals surface area contributed by atoms with Crippen molar-refractivity contribution in [1.82, 2.24) is 0 Å². The largest absolute Gasteiger partial charge is 0.337 e. The molecule has 0 spiro atoms. The van der Waals surface area contributed by atoms with Gasteiger partial charge in [-0.2, -0.15) is 0 Å². The second kappa shape index (κ2) is 4.93. The van der Waals surface area contributed by atoms with Gasteiger partial charge in [-0.15, -0.1) is 0 Å². The number of rotatable bonds is 1. The van der Waals surface area contributed by atoms with Gasteiger partial charge in [-0.05, 0) is 37.3 Å². The van der Waals surface area contributed by atoms with E-state index in [2.05, 4.69) is 4.99 Å². The van der Waals surface area contributed by atoms with Crippen LogP contribution in [0, 0.1) is 6.92 Å². The number of anilines is 2. The molecule has 0 aliphatic carbocycles. The molecule has 5 nitrogen and oxygen atoms in total. The highest BCUT2D eigenvalue weighted by molar-refractivity contribution is 6.35. The first-order valence-corrected chi connectivity index (χ1v) is 7.51.